The molecular formula is C15H21FO3. The van der Waals surface area contributed by atoms with Gasteiger partial charge in [-0.2, -0.15) is 0 Å². The second-order valence-corrected chi connectivity index (χ2v) is 5.55. The van der Waals surface area contributed by atoms with Crippen LogP contribution in [0.15, 0.2) is 18.2 Å². The van der Waals surface area contributed by atoms with E-state index in [1.54, 1.807) is 6.07 Å². The molecule has 1 aliphatic rings. The highest BCUT2D eigenvalue weighted by Crippen LogP contribution is 2.41. The van der Waals surface area contributed by atoms with Gasteiger partial charge in [0.05, 0.1) is 12.7 Å². The van der Waals surface area contributed by atoms with Crippen molar-refractivity contribution in [2.75, 3.05) is 7.11 Å². The van der Waals surface area contributed by atoms with Crippen LogP contribution in [0.3, 0.4) is 0 Å². The number of aliphatic hydroxyl groups is 2. The van der Waals surface area contributed by atoms with Crippen LogP contribution in [-0.4, -0.2) is 22.9 Å². The molecule has 1 saturated carbocycles. The number of rotatable bonds is 3. The Hall–Kier alpha value is -1.13. The maximum absolute atomic E-state index is 14.1. The fourth-order valence-corrected chi connectivity index (χ4v) is 2.72. The summed E-state index contributed by atoms with van der Waals surface area (Å²) in [6, 6.07) is 4.62. The molecule has 0 amide bonds. The van der Waals surface area contributed by atoms with E-state index < -0.39 is 17.5 Å². The average molecular weight is 268 g/mol. The molecule has 1 atom stereocenters. The van der Waals surface area contributed by atoms with Crippen LogP contribution in [0.25, 0.3) is 0 Å². The molecular weight excluding hydrogens is 247 g/mol. The summed E-state index contributed by atoms with van der Waals surface area (Å²) >= 11 is 0. The third-order valence-electron chi connectivity index (χ3n) is 4.16. The molecule has 0 aliphatic heterocycles. The number of ether oxygens (including phenoxy) is 1. The van der Waals surface area contributed by atoms with E-state index in [-0.39, 0.29) is 11.3 Å². The Bertz CT molecular complexity index is 439. The highest BCUT2D eigenvalue weighted by atomic mass is 19.1. The van der Waals surface area contributed by atoms with Crippen LogP contribution in [-0.2, 0) is 0 Å². The van der Waals surface area contributed by atoms with E-state index in [0.29, 0.717) is 18.8 Å². The molecule has 0 radical (unpaired) electrons. The van der Waals surface area contributed by atoms with Crippen molar-refractivity contribution < 1.29 is 19.3 Å². The minimum Gasteiger partial charge on any atom is -0.494 e. The monoisotopic (exact) mass is 268 g/mol. The molecule has 1 aliphatic carbocycles. The molecule has 1 aromatic carbocycles. The number of aliphatic hydroxyl groups excluding tert-OH is 1. The number of methoxy groups -OCH3 is 1. The molecule has 106 valence electrons. The Morgan fingerprint density at radius 3 is 2.58 bits per heavy atom. The van der Waals surface area contributed by atoms with Gasteiger partial charge < -0.3 is 14.9 Å². The zero-order valence-corrected chi connectivity index (χ0v) is 11.4. The normalized spacial score (nSPS) is 29.0. The topological polar surface area (TPSA) is 49.7 Å². The predicted octanol–water partition coefficient (Wildman–Crippen LogP) is 2.81. The molecule has 19 heavy (non-hydrogen) atoms. The van der Waals surface area contributed by atoms with Gasteiger partial charge in [0.25, 0.3) is 0 Å². The predicted molar refractivity (Wildman–Crippen MR) is 70.5 cm³/mol. The average Bonchev–Trinajstić information content (AvgIpc) is 2.42. The second-order valence-electron chi connectivity index (χ2n) is 5.55. The van der Waals surface area contributed by atoms with Crippen LogP contribution in [0, 0.1) is 11.7 Å². The second kappa shape index (κ2) is 5.47. The largest absolute Gasteiger partial charge is 0.494 e. The highest BCUT2D eigenvalue weighted by Gasteiger charge is 2.40. The number of hydrogen-bond donors (Lipinski definition) is 2. The summed E-state index contributed by atoms with van der Waals surface area (Å²) in [6.07, 6.45) is 1.46. The van der Waals surface area contributed by atoms with Gasteiger partial charge >= 0.3 is 0 Å². The summed E-state index contributed by atoms with van der Waals surface area (Å²) in [4.78, 5) is 0. The van der Waals surface area contributed by atoms with Crippen molar-refractivity contribution in [2.45, 2.75) is 44.3 Å². The van der Waals surface area contributed by atoms with Gasteiger partial charge in [-0.15, -0.1) is 0 Å². The van der Waals surface area contributed by atoms with Crippen molar-refractivity contribution in [3.05, 3.63) is 29.6 Å². The maximum atomic E-state index is 14.1. The van der Waals surface area contributed by atoms with E-state index >= 15 is 0 Å². The lowest BCUT2D eigenvalue weighted by atomic mass is 9.75. The van der Waals surface area contributed by atoms with Crippen molar-refractivity contribution in [1.29, 1.82) is 0 Å². The quantitative estimate of drug-likeness (QED) is 0.886. The molecule has 2 rings (SSSR count). The van der Waals surface area contributed by atoms with Gasteiger partial charge in [0, 0.05) is 5.56 Å². The van der Waals surface area contributed by atoms with Gasteiger partial charge in [-0.25, -0.2) is 4.39 Å². The fourth-order valence-electron chi connectivity index (χ4n) is 2.72. The van der Waals surface area contributed by atoms with E-state index in [2.05, 4.69) is 6.92 Å². The third-order valence-corrected chi connectivity index (χ3v) is 4.16. The van der Waals surface area contributed by atoms with Crippen LogP contribution in [0.1, 0.15) is 44.3 Å². The van der Waals surface area contributed by atoms with Crippen LogP contribution in [0.4, 0.5) is 4.39 Å². The van der Waals surface area contributed by atoms with Gasteiger partial charge in [0.15, 0.2) is 11.6 Å². The van der Waals surface area contributed by atoms with Crippen LogP contribution in [0.5, 0.6) is 5.75 Å². The van der Waals surface area contributed by atoms with Gasteiger partial charge in [0.2, 0.25) is 0 Å². The van der Waals surface area contributed by atoms with Crippen molar-refractivity contribution in [3.63, 3.8) is 0 Å². The molecule has 1 fully saturated rings. The smallest absolute Gasteiger partial charge is 0.170 e. The van der Waals surface area contributed by atoms with E-state index in [4.69, 9.17) is 4.74 Å². The lowest BCUT2D eigenvalue weighted by Crippen LogP contribution is -2.40. The van der Waals surface area contributed by atoms with Crippen molar-refractivity contribution in [2.24, 2.45) is 5.92 Å². The van der Waals surface area contributed by atoms with E-state index in [9.17, 15) is 14.6 Å². The molecule has 0 spiro atoms. The Morgan fingerprint density at radius 2 is 2.00 bits per heavy atom. The molecule has 0 heterocycles. The van der Waals surface area contributed by atoms with E-state index in [1.807, 2.05) is 0 Å². The summed E-state index contributed by atoms with van der Waals surface area (Å²) in [6.45, 7) is 2.12. The van der Waals surface area contributed by atoms with Crippen molar-refractivity contribution in [1.82, 2.24) is 0 Å². The summed E-state index contributed by atoms with van der Waals surface area (Å²) in [5.74, 6) is 0.0384. The molecule has 4 heteroatoms. The van der Waals surface area contributed by atoms with Crippen LogP contribution >= 0.6 is 0 Å². The van der Waals surface area contributed by atoms with Gasteiger partial charge in [-0.3, -0.25) is 0 Å². The lowest BCUT2D eigenvalue weighted by Gasteiger charge is -2.38. The third kappa shape index (κ3) is 2.74. The first kappa shape index (κ1) is 14.3. The fraction of sp³-hybridized carbons (Fsp3) is 0.600. The number of halogens is 1. The number of benzene rings is 1. The summed E-state index contributed by atoms with van der Waals surface area (Å²) in [5.41, 5.74) is -1.13. The highest BCUT2D eigenvalue weighted by molar-refractivity contribution is 5.33. The summed E-state index contributed by atoms with van der Waals surface area (Å²) < 4.78 is 19.0. The van der Waals surface area contributed by atoms with Crippen molar-refractivity contribution >= 4 is 0 Å². The lowest BCUT2D eigenvalue weighted by molar-refractivity contribution is -0.106. The first-order valence-electron chi connectivity index (χ1n) is 6.71. The Kier molecular flexibility index (Phi) is 4.11. The van der Waals surface area contributed by atoms with Crippen LogP contribution in [0.2, 0.25) is 0 Å². The van der Waals surface area contributed by atoms with E-state index in [1.165, 1.54) is 19.2 Å². The van der Waals surface area contributed by atoms with Crippen LogP contribution < -0.4 is 4.74 Å². The summed E-state index contributed by atoms with van der Waals surface area (Å²) in [7, 11) is 1.38. The zero-order chi connectivity index (χ0) is 14.0. The molecule has 0 aromatic heterocycles. The molecule has 0 bridgehead atoms. The SMILES string of the molecule is COc1cccc(C(O)C2(O)CCC(C)CC2)c1F. The first-order chi connectivity index (χ1) is 8.98. The molecule has 1 unspecified atom stereocenters. The van der Waals surface area contributed by atoms with Gasteiger partial charge in [-0.05, 0) is 37.7 Å². The Balaban J connectivity index is 2.26. The minimum atomic E-state index is -1.24. The molecule has 2 N–H and O–H groups in total. The Labute approximate surface area is 113 Å². The van der Waals surface area contributed by atoms with E-state index in [0.717, 1.165) is 12.8 Å². The molecule has 3 nitrogen and oxygen atoms in total. The summed E-state index contributed by atoms with van der Waals surface area (Å²) in [5, 5.41) is 20.9. The zero-order valence-electron chi connectivity index (χ0n) is 11.4. The Morgan fingerprint density at radius 1 is 1.37 bits per heavy atom. The molecule has 1 aromatic rings. The standard InChI is InChI=1S/C15H21FO3/c1-10-6-8-15(18,9-7-10)14(17)11-4-3-5-12(19-2)13(11)16/h3-5,10,14,17-18H,6-9H2,1-2H3. The van der Waals surface area contributed by atoms with Crippen molar-refractivity contribution in [3.8, 4) is 5.75 Å². The number of hydrogen-bond acceptors (Lipinski definition) is 3. The minimum absolute atomic E-state index is 0.0873. The first-order valence-corrected chi connectivity index (χ1v) is 6.71. The maximum Gasteiger partial charge on any atom is 0.170 e. The van der Waals surface area contributed by atoms with Gasteiger partial charge in [-0.1, -0.05) is 19.1 Å². The molecule has 0 saturated heterocycles. The van der Waals surface area contributed by atoms with Gasteiger partial charge in [0.1, 0.15) is 6.10 Å².